The Morgan fingerprint density at radius 1 is 1.69 bits per heavy atom. The number of carbonyl (C=O) groups is 1. The van der Waals surface area contributed by atoms with Gasteiger partial charge in [-0.15, -0.1) is 6.58 Å². The highest BCUT2D eigenvalue weighted by Gasteiger charge is 2.25. The highest BCUT2D eigenvalue weighted by atomic mass is 16.5. The van der Waals surface area contributed by atoms with E-state index in [1.165, 1.54) is 0 Å². The van der Waals surface area contributed by atoms with E-state index in [1.54, 1.807) is 6.08 Å². The fourth-order valence-electron chi connectivity index (χ4n) is 1.82. The standard InChI is InChI=1S/C11H20N2O3/c1-3-4-12-11(15)7-13-5-9(2)16-10(6-13)8-14/h3,9-10,14H,1,4-8H2,2H3,(H,12,15). The first-order chi connectivity index (χ1) is 7.65. The second kappa shape index (κ2) is 6.62. The van der Waals surface area contributed by atoms with Crippen LogP contribution in [0.5, 0.6) is 0 Å². The van der Waals surface area contributed by atoms with Gasteiger partial charge in [-0.3, -0.25) is 9.69 Å². The molecule has 1 aliphatic rings. The smallest absolute Gasteiger partial charge is 0.234 e. The van der Waals surface area contributed by atoms with Gasteiger partial charge in [-0.2, -0.15) is 0 Å². The number of hydrogen-bond acceptors (Lipinski definition) is 4. The Labute approximate surface area is 96.1 Å². The SMILES string of the molecule is C=CCNC(=O)CN1CC(C)OC(CO)C1. The number of morpholine rings is 1. The van der Waals surface area contributed by atoms with Gasteiger partial charge in [-0.1, -0.05) is 6.08 Å². The Hall–Kier alpha value is -0.910. The van der Waals surface area contributed by atoms with E-state index in [1.807, 2.05) is 11.8 Å². The highest BCUT2D eigenvalue weighted by Crippen LogP contribution is 2.09. The lowest BCUT2D eigenvalue weighted by atomic mass is 10.2. The van der Waals surface area contributed by atoms with Crippen LogP contribution in [0.3, 0.4) is 0 Å². The average molecular weight is 228 g/mol. The van der Waals surface area contributed by atoms with Crippen LogP contribution in [0.25, 0.3) is 0 Å². The van der Waals surface area contributed by atoms with Crippen LogP contribution >= 0.6 is 0 Å². The lowest BCUT2D eigenvalue weighted by molar-refractivity contribution is -0.128. The van der Waals surface area contributed by atoms with Gasteiger partial charge in [0.2, 0.25) is 5.91 Å². The van der Waals surface area contributed by atoms with Crippen molar-refractivity contribution >= 4 is 5.91 Å². The molecule has 1 rings (SSSR count). The van der Waals surface area contributed by atoms with Crippen molar-refractivity contribution in [3.63, 3.8) is 0 Å². The molecule has 1 saturated heterocycles. The summed E-state index contributed by atoms with van der Waals surface area (Å²) in [5.41, 5.74) is 0. The summed E-state index contributed by atoms with van der Waals surface area (Å²) < 4.78 is 5.49. The van der Waals surface area contributed by atoms with Gasteiger partial charge in [-0.25, -0.2) is 0 Å². The van der Waals surface area contributed by atoms with Crippen LogP contribution in [-0.2, 0) is 9.53 Å². The Morgan fingerprint density at radius 2 is 2.44 bits per heavy atom. The fraction of sp³-hybridized carbons (Fsp3) is 0.727. The summed E-state index contributed by atoms with van der Waals surface area (Å²) in [4.78, 5) is 13.5. The van der Waals surface area contributed by atoms with Gasteiger partial charge in [0.25, 0.3) is 0 Å². The molecule has 1 fully saturated rings. The Bertz CT molecular complexity index is 245. The third-order valence-corrected chi connectivity index (χ3v) is 2.42. The molecule has 0 saturated carbocycles. The number of nitrogens with zero attached hydrogens (tertiary/aromatic N) is 1. The zero-order valence-electron chi connectivity index (χ0n) is 9.69. The van der Waals surface area contributed by atoms with Crippen LogP contribution in [-0.4, -0.2) is 60.9 Å². The van der Waals surface area contributed by atoms with E-state index in [4.69, 9.17) is 9.84 Å². The molecule has 2 N–H and O–H groups in total. The van der Waals surface area contributed by atoms with E-state index in [9.17, 15) is 4.79 Å². The minimum Gasteiger partial charge on any atom is -0.394 e. The molecule has 5 nitrogen and oxygen atoms in total. The van der Waals surface area contributed by atoms with Crippen molar-refractivity contribution in [2.75, 3.05) is 32.8 Å². The molecular weight excluding hydrogens is 208 g/mol. The van der Waals surface area contributed by atoms with Gasteiger partial charge >= 0.3 is 0 Å². The Morgan fingerprint density at radius 3 is 3.06 bits per heavy atom. The number of rotatable bonds is 5. The van der Waals surface area contributed by atoms with Crippen molar-refractivity contribution < 1.29 is 14.6 Å². The van der Waals surface area contributed by atoms with Gasteiger partial charge in [0.05, 0.1) is 25.4 Å². The fourth-order valence-corrected chi connectivity index (χ4v) is 1.82. The van der Waals surface area contributed by atoms with Crippen molar-refractivity contribution in [3.05, 3.63) is 12.7 Å². The van der Waals surface area contributed by atoms with Crippen LogP contribution in [0.4, 0.5) is 0 Å². The molecule has 92 valence electrons. The maximum Gasteiger partial charge on any atom is 0.234 e. The van der Waals surface area contributed by atoms with E-state index in [0.29, 0.717) is 19.6 Å². The Balaban J connectivity index is 2.35. The highest BCUT2D eigenvalue weighted by molar-refractivity contribution is 5.78. The van der Waals surface area contributed by atoms with E-state index < -0.39 is 0 Å². The number of amides is 1. The molecule has 1 heterocycles. The van der Waals surface area contributed by atoms with Gasteiger partial charge < -0.3 is 15.2 Å². The average Bonchev–Trinajstić information content (AvgIpc) is 2.25. The zero-order valence-corrected chi connectivity index (χ0v) is 9.69. The summed E-state index contributed by atoms with van der Waals surface area (Å²) in [6, 6.07) is 0. The molecule has 5 heteroatoms. The molecule has 0 bridgehead atoms. The maximum absolute atomic E-state index is 11.5. The van der Waals surface area contributed by atoms with E-state index >= 15 is 0 Å². The Kier molecular flexibility index (Phi) is 5.45. The first-order valence-corrected chi connectivity index (χ1v) is 5.52. The number of nitrogens with one attached hydrogen (secondary N) is 1. The molecule has 2 atom stereocenters. The summed E-state index contributed by atoms with van der Waals surface area (Å²) in [7, 11) is 0. The van der Waals surface area contributed by atoms with E-state index in [-0.39, 0.29) is 24.7 Å². The van der Waals surface area contributed by atoms with Crippen LogP contribution in [0.15, 0.2) is 12.7 Å². The summed E-state index contributed by atoms with van der Waals surface area (Å²) in [6.45, 7) is 7.62. The summed E-state index contributed by atoms with van der Waals surface area (Å²) >= 11 is 0. The summed E-state index contributed by atoms with van der Waals surface area (Å²) in [5.74, 6) is -0.0225. The van der Waals surface area contributed by atoms with Crippen molar-refractivity contribution in [3.8, 4) is 0 Å². The van der Waals surface area contributed by atoms with Gasteiger partial charge in [0.1, 0.15) is 0 Å². The van der Waals surface area contributed by atoms with Crippen molar-refractivity contribution in [2.24, 2.45) is 0 Å². The topological polar surface area (TPSA) is 61.8 Å². The largest absolute Gasteiger partial charge is 0.394 e. The predicted octanol–water partition coefficient (Wildman–Crippen LogP) is -0.630. The monoisotopic (exact) mass is 228 g/mol. The lowest BCUT2D eigenvalue weighted by Crippen LogP contribution is -2.50. The number of aliphatic hydroxyl groups excluding tert-OH is 1. The zero-order chi connectivity index (χ0) is 12.0. The lowest BCUT2D eigenvalue weighted by Gasteiger charge is -2.35. The molecule has 0 aromatic rings. The van der Waals surface area contributed by atoms with Gasteiger partial charge in [0, 0.05) is 19.6 Å². The third kappa shape index (κ3) is 4.30. The van der Waals surface area contributed by atoms with Crippen LogP contribution in [0, 0.1) is 0 Å². The van der Waals surface area contributed by atoms with Crippen LogP contribution in [0.1, 0.15) is 6.92 Å². The van der Waals surface area contributed by atoms with E-state index in [2.05, 4.69) is 11.9 Å². The minimum atomic E-state index is -0.184. The van der Waals surface area contributed by atoms with E-state index in [0.717, 1.165) is 6.54 Å². The molecule has 0 aromatic carbocycles. The maximum atomic E-state index is 11.5. The predicted molar refractivity (Wildman–Crippen MR) is 61.1 cm³/mol. The van der Waals surface area contributed by atoms with Crippen molar-refractivity contribution in [2.45, 2.75) is 19.1 Å². The first kappa shape index (κ1) is 13.2. The number of hydrogen-bond donors (Lipinski definition) is 2. The third-order valence-electron chi connectivity index (χ3n) is 2.42. The van der Waals surface area contributed by atoms with Crippen molar-refractivity contribution in [1.29, 1.82) is 0 Å². The molecule has 0 spiro atoms. The van der Waals surface area contributed by atoms with Crippen LogP contribution < -0.4 is 5.32 Å². The molecule has 0 radical (unpaired) electrons. The number of carbonyl (C=O) groups excluding carboxylic acids is 1. The molecule has 0 aliphatic carbocycles. The normalized spacial score (nSPS) is 26.4. The molecule has 2 unspecified atom stereocenters. The van der Waals surface area contributed by atoms with Gasteiger partial charge in [-0.05, 0) is 6.92 Å². The molecule has 0 aromatic heterocycles. The molecule has 16 heavy (non-hydrogen) atoms. The summed E-state index contributed by atoms with van der Waals surface area (Å²) in [6.07, 6.45) is 1.52. The minimum absolute atomic E-state index is 0.00484. The quantitative estimate of drug-likeness (QED) is 0.615. The second-order valence-electron chi connectivity index (χ2n) is 4.04. The number of ether oxygens (including phenoxy) is 1. The number of aliphatic hydroxyl groups is 1. The first-order valence-electron chi connectivity index (χ1n) is 5.52. The van der Waals surface area contributed by atoms with Crippen LogP contribution in [0.2, 0.25) is 0 Å². The molecule has 1 aliphatic heterocycles. The van der Waals surface area contributed by atoms with Crippen molar-refractivity contribution in [1.82, 2.24) is 10.2 Å². The van der Waals surface area contributed by atoms with Gasteiger partial charge in [0.15, 0.2) is 0 Å². The second-order valence-corrected chi connectivity index (χ2v) is 4.04. The molecular formula is C11H20N2O3. The molecule has 1 amide bonds. The summed E-state index contributed by atoms with van der Waals surface area (Å²) in [5, 5.41) is 11.8.